The van der Waals surface area contributed by atoms with Gasteiger partial charge in [-0.25, -0.2) is 19.6 Å². The molecule has 0 bridgehead atoms. The summed E-state index contributed by atoms with van der Waals surface area (Å²) in [7, 11) is 3.18. The third-order valence-electron chi connectivity index (χ3n) is 6.38. The molecule has 0 unspecified atom stereocenters. The summed E-state index contributed by atoms with van der Waals surface area (Å²) in [6.07, 6.45) is 8.53. The van der Waals surface area contributed by atoms with Crippen LogP contribution in [-0.4, -0.2) is 71.8 Å². The number of carbonyl (C=O) groups is 2. The maximum absolute atomic E-state index is 13.1. The van der Waals surface area contributed by atoms with Crippen LogP contribution in [0.3, 0.4) is 0 Å². The zero-order valence-electron chi connectivity index (χ0n) is 23.2. The molecular formula is C29H35N7O4. The van der Waals surface area contributed by atoms with Gasteiger partial charge >= 0.3 is 12.1 Å². The van der Waals surface area contributed by atoms with E-state index in [0.29, 0.717) is 66.6 Å². The molecular weight excluding hydrogens is 510 g/mol. The van der Waals surface area contributed by atoms with Crippen molar-refractivity contribution >= 4 is 40.9 Å². The van der Waals surface area contributed by atoms with Gasteiger partial charge < -0.3 is 25.0 Å². The normalized spacial score (nSPS) is 13.7. The topological polar surface area (TPSA) is 131 Å². The smallest absolute Gasteiger partial charge is 0.320 e. The zero-order chi connectivity index (χ0) is 28.5. The molecule has 3 heterocycles. The first-order valence-corrected chi connectivity index (χ1v) is 13.2. The molecule has 0 spiro atoms. The highest BCUT2D eigenvalue weighted by atomic mass is 16.5. The molecule has 3 aromatic rings. The lowest BCUT2D eigenvalue weighted by Crippen LogP contribution is -2.49. The Balaban J connectivity index is 1.61. The number of rotatable bonds is 8. The fourth-order valence-corrected chi connectivity index (χ4v) is 4.24. The van der Waals surface area contributed by atoms with Crippen LogP contribution in [0.1, 0.15) is 38.2 Å². The van der Waals surface area contributed by atoms with E-state index in [-0.39, 0.29) is 18.1 Å². The first-order chi connectivity index (χ1) is 19.4. The molecule has 11 heteroatoms. The zero-order valence-corrected chi connectivity index (χ0v) is 23.2. The number of benzene rings is 1. The molecule has 0 atom stereocenters. The third kappa shape index (κ3) is 7.46. The summed E-state index contributed by atoms with van der Waals surface area (Å²) in [4.78, 5) is 40.3. The van der Waals surface area contributed by atoms with E-state index in [0.717, 1.165) is 11.3 Å². The first-order valence-electron chi connectivity index (χ1n) is 13.2. The number of hydrogen-bond acceptors (Lipinski definition) is 7. The third-order valence-corrected chi connectivity index (χ3v) is 6.38. The molecule has 1 fully saturated rings. The summed E-state index contributed by atoms with van der Waals surface area (Å²) < 4.78 is 11.5. The maximum Gasteiger partial charge on any atom is 0.320 e. The van der Waals surface area contributed by atoms with Crippen molar-refractivity contribution in [2.45, 2.75) is 32.7 Å². The van der Waals surface area contributed by atoms with Gasteiger partial charge in [-0.1, -0.05) is 11.6 Å². The van der Waals surface area contributed by atoms with E-state index in [1.54, 1.807) is 49.5 Å². The van der Waals surface area contributed by atoms with Gasteiger partial charge in [0.25, 0.3) is 0 Å². The van der Waals surface area contributed by atoms with Gasteiger partial charge in [-0.05, 0) is 63.1 Å². The van der Waals surface area contributed by atoms with Crippen molar-refractivity contribution in [3.63, 3.8) is 0 Å². The number of carbonyl (C=O) groups excluding carboxylic acids is 2. The van der Waals surface area contributed by atoms with Crippen molar-refractivity contribution in [1.29, 1.82) is 0 Å². The van der Waals surface area contributed by atoms with Crippen molar-refractivity contribution in [2.75, 3.05) is 39.2 Å². The Morgan fingerprint density at radius 1 is 1.10 bits per heavy atom. The van der Waals surface area contributed by atoms with Gasteiger partial charge in [-0.15, -0.1) is 0 Å². The molecule has 1 saturated heterocycles. The van der Waals surface area contributed by atoms with Crippen LogP contribution in [0.15, 0.2) is 48.2 Å². The summed E-state index contributed by atoms with van der Waals surface area (Å²) >= 11 is 0. The molecule has 2 aromatic heterocycles. The number of fused-ring (bicyclic) bond motifs is 1. The Kier molecular flexibility index (Phi) is 9.50. The van der Waals surface area contributed by atoms with E-state index in [2.05, 4.69) is 30.9 Å². The molecule has 4 amide bonds. The highest BCUT2D eigenvalue weighted by Crippen LogP contribution is 2.34. The number of likely N-dealkylation sites (tertiary alicyclic amines) is 1. The minimum Gasteiger partial charge on any atom is -0.493 e. The summed E-state index contributed by atoms with van der Waals surface area (Å²) in [5.74, 6) is 1.76. The van der Waals surface area contributed by atoms with E-state index in [1.807, 2.05) is 38.1 Å². The molecule has 1 aliphatic rings. The number of anilines is 1. The lowest BCUT2D eigenvalue weighted by atomic mass is 10.1. The highest BCUT2D eigenvalue weighted by Gasteiger charge is 2.24. The highest BCUT2D eigenvalue weighted by molar-refractivity contribution is 6.00. The van der Waals surface area contributed by atoms with E-state index in [9.17, 15) is 9.59 Å². The Bertz CT molecular complexity index is 1400. The maximum atomic E-state index is 13.1. The minimum atomic E-state index is -0.388. The molecule has 11 nitrogen and oxygen atoms in total. The SMILES string of the molecule is CNC(=O)N1CCC(NC(=O)Nc2nc(/C=C/c3ccccn3)nc3cc(OC)c(OCC=C(C)C)cc23)CC1. The number of hydrogen-bond donors (Lipinski definition) is 3. The molecule has 0 radical (unpaired) electrons. The van der Waals surface area contributed by atoms with Crippen LogP contribution >= 0.6 is 0 Å². The van der Waals surface area contributed by atoms with Crippen molar-refractivity contribution in [3.8, 4) is 11.5 Å². The van der Waals surface area contributed by atoms with E-state index < -0.39 is 0 Å². The van der Waals surface area contributed by atoms with Crippen molar-refractivity contribution in [1.82, 2.24) is 30.5 Å². The second kappa shape index (κ2) is 13.4. The van der Waals surface area contributed by atoms with Crippen LogP contribution in [0.2, 0.25) is 0 Å². The number of pyridine rings is 1. The summed E-state index contributed by atoms with van der Waals surface area (Å²) in [5.41, 5.74) is 2.46. The van der Waals surface area contributed by atoms with Gasteiger partial charge in [-0.2, -0.15) is 0 Å². The van der Waals surface area contributed by atoms with Crippen molar-refractivity contribution < 1.29 is 19.1 Å². The van der Waals surface area contributed by atoms with Crippen LogP contribution in [-0.2, 0) is 0 Å². The Morgan fingerprint density at radius 2 is 1.90 bits per heavy atom. The molecule has 0 saturated carbocycles. The summed E-state index contributed by atoms with van der Waals surface area (Å²) in [6.45, 7) is 5.50. The second-order valence-electron chi connectivity index (χ2n) is 9.55. The number of ether oxygens (including phenoxy) is 2. The predicted octanol–water partition coefficient (Wildman–Crippen LogP) is 4.47. The number of piperidine rings is 1. The van der Waals surface area contributed by atoms with Gasteiger partial charge in [0.05, 0.1) is 18.3 Å². The van der Waals surface area contributed by atoms with Crippen LogP contribution in [0.4, 0.5) is 15.4 Å². The minimum absolute atomic E-state index is 0.0689. The van der Waals surface area contributed by atoms with Gasteiger partial charge in [0.2, 0.25) is 0 Å². The number of nitrogens with one attached hydrogen (secondary N) is 3. The molecule has 210 valence electrons. The van der Waals surface area contributed by atoms with Crippen molar-refractivity contribution in [2.24, 2.45) is 0 Å². The van der Waals surface area contributed by atoms with E-state index >= 15 is 0 Å². The molecule has 40 heavy (non-hydrogen) atoms. The standard InChI is InChI=1S/C29H35N7O4/c1-19(2)12-16-40-25-17-22-23(18-24(25)39-4)33-26(9-8-20-7-5-6-13-31-20)34-27(22)35-28(37)32-21-10-14-36(15-11-21)29(38)30-3/h5-9,12-13,17-18,21H,10-11,14-16H2,1-4H3,(H,30,38)(H2,32,33,34,35,37)/b9-8+. The summed E-state index contributed by atoms with van der Waals surface area (Å²) in [5, 5.41) is 9.16. The average Bonchev–Trinajstić information content (AvgIpc) is 2.96. The number of urea groups is 2. The summed E-state index contributed by atoms with van der Waals surface area (Å²) in [6, 6.07) is 8.59. The molecule has 0 aliphatic carbocycles. The number of methoxy groups -OCH3 is 1. The lowest BCUT2D eigenvalue weighted by molar-refractivity contribution is 0.179. The van der Waals surface area contributed by atoms with Crippen LogP contribution in [0.25, 0.3) is 23.1 Å². The lowest BCUT2D eigenvalue weighted by Gasteiger charge is -2.32. The molecule has 1 aliphatic heterocycles. The average molecular weight is 546 g/mol. The quantitative estimate of drug-likeness (QED) is 0.356. The van der Waals surface area contributed by atoms with Crippen LogP contribution in [0.5, 0.6) is 11.5 Å². The molecule has 3 N–H and O–H groups in total. The van der Waals surface area contributed by atoms with E-state index in [1.165, 1.54) is 0 Å². The van der Waals surface area contributed by atoms with E-state index in [4.69, 9.17) is 9.47 Å². The number of aromatic nitrogens is 3. The molecule has 4 rings (SSSR count). The first kappa shape index (κ1) is 28.3. The molecule has 1 aromatic carbocycles. The predicted molar refractivity (Wildman–Crippen MR) is 155 cm³/mol. The Labute approximate surface area is 233 Å². The number of amides is 4. The van der Waals surface area contributed by atoms with Crippen molar-refractivity contribution in [3.05, 3.63) is 59.7 Å². The van der Waals surface area contributed by atoms with Gasteiger partial charge in [0.1, 0.15) is 12.4 Å². The fraction of sp³-hybridized carbons (Fsp3) is 0.345. The van der Waals surface area contributed by atoms with Crippen LogP contribution < -0.4 is 25.4 Å². The number of allylic oxidation sites excluding steroid dienone is 1. The van der Waals surface area contributed by atoms with Gasteiger partial charge in [0.15, 0.2) is 17.3 Å². The fourth-order valence-electron chi connectivity index (χ4n) is 4.24. The Hall–Kier alpha value is -4.67. The van der Waals surface area contributed by atoms with Gasteiger partial charge in [0, 0.05) is 43.8 Å². The largest absolute Gasteiger partial charge is 0.493 e. The number of nitrogens with zero attached hydrogens (tertiary/aromatic N) is 4. The monoisotopic (exact) mass is 545 g/mol. The second-order valence-corrected chi connectivity index (χ2v) is 9.55. The van der Waals surface area contributed by atoms with Gasteiger partial charge in [-0.3, -0.25) is 10.3 Å². The Morgan fingerprint density at radius 3 is 2.58 bits per heavy atom. The van der Waals surface area contributed by atoms with Crippen LogP contribution in [0, 0.1) is 0 Å².